The van der Waals surface area contributed by atoms with Crippen LogP contribution in [0.3, 0.4) is 0 Å². The number of rotatable bonds is 5. The van der Waals surface area contributed by atoms with E-state index < -0.39 is 0 Å². The monoisotopic (exact) mass is 340 g/mol. The average molecular weight is 340 g/mol. The minimum Gasteiger partial charge on any atom is -0.733 e. The Balaban J connectivity index is 1.79. The van der Waals surface area contributed by atoms with Gasteiger partial charge in [0.15, 0.2) is 10.8 Å². The summed E-state index contributed by atoms with van der Waals surface area (Å²) in [7, 11) is 0. The summed E-state index contributed by atoms with van der Waals surface area (Å²) in [5.74, 6) is 0.647. The second-order valence-corrected chi connectivity index (χ2v) is 5.80. The largest absolute Gasteiger partial charge is 0.733 e. The maximum Gasteiger partial charge on any atom is 0.164 e. The molecule has 0 unspecified atom stereocenters. The maximum atomic E-state index is 10.8. The van der Waals surface area contributed by atoms with E-state index >= 15 is 0 Å². The number of hydrogen-bond donors (Lipinski definition) is 2. The summed E-state index contributed by atoms with van der Waals surface area (Å²) in [5.41, 5.74) is 3.75. The third-order valence-corrected chi connectivity index (χ3v) is 4.06. The van der Waals surface area contributed by atoms with Crippen molar-refractivity contribution in [3.05, 3.63) is 84.0 Å². The van der Waals surface area contributed by atoms with Crippen molar-refractivity contribution in [1.29, 1.82) is 0 Å². The minimum atomic E-state index is -0.188. The first-order valence-corrected chi connectivity index (χ1v) is 7.91. The lowest BCUT2D eigenvalue weighted by atomic mass is 10.3. The lowest BCUT2D eigenvalue weighted by Gasteiger charge is -2.21. The van der Waals surface area contributed by atoms with Gasteiger partial charge in [0, 0.05) is 4.90 Å². The topological polar surface area (TPSA) is 84.1 Å². The van der Waals surface area contributed by atoms with Crippen LogP contribution in [-0.4, -0.2) is 10.3 Å². The summed E-state index contributed by atoms with van der Waals surface area (Å²) in [6.45, 7) is 0. The smallest absolute Gasteiger partial charge is 0.164 e. The fourth-order valence-electron chi connectivity index (χ4n) is 1.91. The van der Waals surface area contributed by atoms with E-state index in [0.717, 1.165) is 4.90 Å². The SMILES string of the molecule is [O-]N(O)c1ccc(NN=C(Sc2ccccc2)c2ccco2)cc1. The standard InChI is InChI=1S/C17H14N3O3S/c21-20(22)14-10-8-13(9-11-14)18-19-17(16-7-4-12-23-16)24-15-5-2-1-3-6-15/h1-12,18,21H/q-1. The van der Waals surface area contributed by atoms with Gasteiger partial charge in [-0.25, -0.2) is 0 Å². The summed E-state index contributed by atoms with van der Waals surface area (Å²) >= 11 is 1.47. The van der Waals surface area contributed by atoms with Crippen molar-refractivity contribution in [2.45, 2.75) is 4.90 Å². The van der Waals surface area contributed by atoms with Gasteiger partial charge in [0.2, 0.25) is 0 Å². The van der Waals surface area contributed by atoms with E-state index in [4.69, 9.17) is 9.62 Å². The third kappa shape index (κ3) is 4.17. The van der Waals surface area contributed by atoms with Crippen LogP contribution < -0.4 is 10.7 Å². The van der Waals surface area contributed by atoms with Crippen molar-refractivity contribution in [3.8, 4) is 0 Å². The molecule has 0 aliphatic rings. The van der Waals surface area contributed by atoms with Gasteiger partial charge in [-0.3, -0.25) is 10.6 Å². The number of nitrogens with zero attached hydrogens (tertiary/aromatic N) is 2. The average Bonchev–Trinajstić information content (AvgIpc) is 3.14. The first-order chi connectivity index (χ1) is 11.7. The summed E-state index contributed by atoms with van der Waals surface area (Å²) in [6.07, 6.45) is 1.59. The molecule has 24 heavy (non-hydrogen) atoms. The molecular formula is C17H14N3O3S-. The first-order valence-electron chi connectivity index (χ1n) is 7.09. The molecule has 0 saturated heterocycles. The number of furan rings is 1. The van der Waals surface area contributed by atoms with Gasteiger partial charge in [0.05, 0.1) is 17.6 Å². The van der Waals surface area contributed by atoms with Crippen LogP contribution in [0.5, 0.6) is 0 Å². The lowest BCUT2D eigenvalue weighted by molar-refractivity contribution is 0.296. The van der Waals surface area contributed by atoms with Crippen LogP contribution >= 0.6 is 11.8 Å². The molecule has 0 aliphatic heterocycles. The lowest BCUT2D eigenvalue weighted by Crippen LogP contribution is -2.06. The highest BCUT2D eigenvalue weighted by atomic mass is 32.2. The molecule has 1 aromatic heterocycles. The fourth-order valence-corrected chi connectivity index (χ4v) is 2.73. The van der Waals surface area contributed by atoms with Crippen LogP contribution in [0.4, 0.5) is 11.4 Å². The molecule has 122 valence electrons. The molecule has 2 aromatic carbocycles. The Morgan fingerprint density at radius 2 is 1.79 bits per heavy atom. The van der Waals surface area contributed by atoms with E-state index in [-0.39, 0.29) is 10.9 Å². The third-order valence-electron chi connectivity index (χ3n) is 3.06. The van der Waals surface area contributed by atoms with E-state index in [1.807, 2.05) is 36.4 Å². The van der Waals surface area contributed by atoms with Crippen LogP contribution in [-0.2, 0) is 0 Å². The number of benzene rings is 2. The number of anilines is 2. The van der Waals surface area contributed by atoms with Crippen LogP contribution in [0.25, 0.3) is 0 Å². The van der Waals surface area contributed by atoms with E-state index in [9.17, 15) is 5.21 Å². The Bertz CT molecular complexity index is 788. The van der Waals surface area contributed by atoms with Gasteiger partial charge in [-0.2, -0.15) is 5.10 Å². The molecule has 0 bridgehead atoms. The second kappa shape index (κ2) is 7.69. The molecule has 1 heterocycles. The van der Waals surface area contributed by atoms with Gasteiger partial charge in [-0.05, 0) is 48.5 Å². The number of hydrogen-bond acceptors (Lipinski definition) is 7. The molecule has 0 saturated carbocycles. The number of hydrazone groups is 1. The van der Waals surface area contributed by atoms with Gasteiger partial charge in [-0.1, -0.05) is 30.0 Å². The molecule has 3 aromatic rings. The first kappa shape index (κ1) is 16.1. The predicted molar refractivity (Wildman–Crippen MR) is 95.2 cm³/mol. The predicted octanol–water partition coefficient (Wildman–Crippen LogP) is 4.54. The normalized spacial score (nSPS) is 11.3. The maximum absolute atomic E-state index is 10.8. The fraction of sp³-hybridized carbons (Fsp3) is 0. The summed E-state index contributed by atoms with van der Waals surface area (Å²) in [6, 6.07) is 19.7. The Kier molecular flexibility index (Phi) is 5.17. The Labute approximate surface area is 142 Å². The Morgan fingerprint density at radius 3 is 2.42 bits per heavy atom. The van der Waals surface area contributed by atoms with Crippen molar-refractivity contribution in [3.63, 3.8) is 0 Å². The number of thioether (sulfide) groups is 1. The highest BCUT2D eigenvalue weighted by Crippen LogP contribution is 2.24. The van der Waals surface area contributed by atoms with Gasteiger partial charge < -0.3 is 14.9 Å². The van der Waals surface area contributed by atoms with E-state index in [1.54, 1.807) is 24.5 Å². The summed E-state index contributed by atoms with van der Waals surface area (Å²) < 4.78 is 5.43. The summed E-state index contributed by atoms with van der Waals surface area (Å²) in [4.78, 5) is 1.03. The highest BCUT2D eigenvalue weighted by Gasteiger charge is 2.09. The zero-order valence-corrected chi connectivity index (χ0v) is 13.3. The Morgan fingerprint density at radius 1 is 1.04 bits per heavy atom. The Hall–Kier alpha value is -2.74. The molecule has 0 aliphatic carbocycles. The van der Waals surface area contributed by atoms with Gasteiger partial charge in [-0.15, -0.1) is 0 Å². The van der Waals surface area contributed by atoms with Gasteiger partial charge in [0.25, 0.3) is 0 Å². The highest BCUT2D eigenvalue weighted by molar-refractivity contribution is 8.14. The van der Waals surface area contributed by atoms with Crippen LogP contribution in [0.2, 0.25) is 0 Å². The van der Waals surface area contributed by atoms with Gasteiger partial charge >= 0.3 is 0 Å². The van der Waals surface area contributed by atoms with Crippen molar-refractivity contribution in [1.82, 2.24) is 0 Å². The number of nitrogens with one attached hydrogen (secondary N) is 1. The minimum absolute atomic E-state index is 0.148. The van der Waals surface area contributed by atoms with E-state index in [2.05, 4.69) is 10.5 Å². The van der Waals surface area contributed by atoms with Crippen LogP contribution in [0.1, 0.15) is 5.76 Å². The van der Waals surface area contributed by atoms with Crippen LogP contribution in [0.15, 0.2) is 87.4 Å². The van der Waals surface area contributed by atoms with E-state index in [0.29, 0.717) is 16.5 Å². The van der Waals surface area contributed by atoms with Crippen molar-refractivity contribution in [2.75, 3.05) is 10.7 Å². The molecule has 6 nitrogen and oxygen atoms in total. The molecule has 0 amide bonds. The van der Waals surface area contributed by atoms with Crippen molar-refractivity contribution < 1.29 is 9.62 Å². The molecule has 0 atom stereocenters. The second-order valence-electron chi connectivity index (χ2n) is 4.74. The molecular weight excluding hydrogens is 326 g/mol. The molecule has 0 fully saturated rings. The molecule has 0 radical (unpaired) electrons. The van der Waals surface area contributed by atoms with Crippen molar-refractivity contribution >= 4 is 28.2 Å². The zero-order chi connectivity index (χ0) is 16.8. The van der Waals surface area contributed by atoms with E-state index in [1.165, 1.54) is 23.9 Å². The molecule has 0 spiro atoms. The van der Waals surface area contributed by atoms with Crippen molar-refractivity contribution in [2.24, 2.45) is 5.10 Å². The molecule has 3 rings (SSSR count). The summed E-state index contributed by atoms with van der Waals surface area (Å²) in [5, 5.41) is 24.5. The zero-order valence-electron chi connectivity index (χ0n) is 12.5. The quantitative estimate of drug-likeness (QED) is 0.307. The van der Waals surface area contributed by atoms with Gasteiger partial charge in [0.1, 0.15) is 0 Å². The molecule has 7 heteroatoms. The van der Waals surface area contributed by atoms with Crippen LogP contribution in [0, 0.1) is 5.21 Å². The molecule has 2 N–H and O–H groups in total.